The molecule has 0 radical (unpaired) electrons. The predicted octanol–water partition coefficient (Wildman–Crippen LogP) is 1.10. The molecule has 1 atom stereocenters. The van der Waals surface area contributed by atoms with Crippen LogP contribution in [0, 0.1) is 12.8 Å². The monoisotopic (exact) mass is 344 g/mol. The van der Waals surface area contributed by atoms with Gasteiger partial charge in [-0.25, -0.2) is 14.8 Å². The van der Waals surface area contributed by atoms with Crippen molar-refractivity contribution in [1.82, 2.24) is 25.1 Å². The van der Waals surface area contributed by atoms with Gasteiger partial charge in [0, 0.05) is 51.5 Å². The second-order valence-corrected chi connectivity index (χ2v) is 7.50. The number of nitrogens with zero attached hydrogens (tertiary/aromatic N) is 5. The summed E-state index contributed by atoms with van der Waals surface area (Å²) in [6.45, 7) is 8.22. The lowest BCUT2D eigenvalue weighted by molar-refractivity contribution is 0.192. The molecule has 7 heteroatoms. The second-order valence-electron chi connectivity index (χ2n) is 7.50. The lowest BCUT2D eigenvalue weighted by atomic mass is 10.1. The number of piperazine rings is 1. The highest BCUT2D eigenvalue weighted by molar-refractivity contribution is 5.74. The van der Waals surface area contributed by atoms with E-state index in [1.807, 2.05) is 17.9 Å². The lowest BCUT2D eigenvalue weighted by Gasteiger charge is -2.35. The van der Waals surface area contributed by atoms with Crippen molar-refractivity contribution < 1.29 is 4.79 Å². The Morgan fingerprint density at radius 2 is 2.00 bits per heavy atom. The highest BCUT2D eigenvalue weighted by Crippen LogP contribution is 2.31. The average molecular weight is 344 g/mol. The fourth-order valence-corrected chi connectivity index (χ4v) is 3.90. The summed E-state index contributed by atoms with van der Waals surface area (Å²) in [7, 11) is 0. The minimum Gasteiger partial charge on any atom is -0.353 e. The molecule has 0 unspecified atom stereocenters. The number of urea groups is 1. The number of rotatable bonds is 4. The molecule has 1 N–H and O–H groups in total. The van der Waals surface area contributed by atoms with Crippen LogP contribution in [0.3, 0.4) is 0 Å². The van der Waals surface area contributed by atoms with Gasteiger partial charge in [0.05, 0.1) is 0 Å². The highest BCUT2D eigenvalue weighted by Gasteiger charge is 2.34. The molecule has 0 spiro atoms. The Kier molecular flexibility index (Phi) is 4.74. The number of aromatic nitrogens is 2. The third-order valence-corrected chi connectivity index (χ3v) is 5.57. The zero-order chi connectivity index (χ0) is 17.2. The van der Waals surface area contributed by atoms with E-state index >= 15 is 0 Å². The van der Waals surface area contributed by atoms with Gasteiger partial charge in [0.1, 0.15) is 11.6 Å². The topological polar surface area (TPSA) is 64.6 Å². The minimum atomic E-state index is 0.0865. The van der Waals surface area contributed by atoms with Crippen molar-refractivity contribution in [2.75, 3.05) is 50.7 Å². The van der Waals surface area contributed by atoms with Gasteiger partial charge in [0.2, 0.25) is 0 Å². The summed E-state index contributed by atoms with van der Waals surface area (Å²) in [4.78, 5) is 27.8. The lowest BCUT2D eigenvalue weighted by Crippen LogP contribution is -2.52. The molecule has 0 aromatic carbocycles. The average Bonchev–Trinajstić information content (AvgIpc) is 3.38. The minimum absolute atomic E-state index is 0.0865. The Balaban J connectivity index is 1.20. The van der Waals surface area contributed by atoms with Gasteiger partial charge in [-0.1, -0.05) is 0 Å². The van der Waals surface area contributed by atoms with Gasteiger partial charge in [-0.3, -0.25) is 0 Å². The molecule has 3 aliphatic rings. The molecule has 3 fully saturated rings. The Labute approximate surface area is 149 Å². The molecule has 2 saturated heterocycles. The molecule has 2 amide bonds. The highest BCUT2D eigenvalue weighted by atomic mass is 16.2. The molecule has 4 rings (SSSR count). The van der Waals surface area contributed by atoms with Crippen molar-refractivity contribution in [1.29, 1.82) is 0 Å². The molecule has 7 nitrogen and oxygen atoms in total. The van der Waals surface area contributed by atoms with Crippen molar-refractivity contribution in [3.05, 3.63) is 18.1 Å². The van der Waals surface area contributed by atoms with Crippen LogP contribution in [0.25, 0.3) is 0 Å². The van der Waals surface area contributed by atoms with Gasteiger partial charge < -0.3 is 20.0 Å². The van der Waals surface area contributed by atoms with Gasteiger partial charge in [0.15, 0.2) is 0 Å². The number of nitrogens with one attached hydrogen (secondary N) is 1. The molecular weight excluding hydrogens is 316 g/mol. The van der Waals surface area contributed by atoms with E-state index in [0.29, 0.717) is 5.92 Å². The molecule has 1 saturated carbocycles. The summed E-state index contributed by atoms with van der Waals surface area (Å²) in [6.07, 6.45) is 5.76. The van der Waals surface area contributed by atoms with Crippen LogP contribution < -0.4 is 10.2 Å². The van der Waals surface area contributed by atoms with E-state index in [1.165, 1.54) is 25.8 Å². The fraction of sp³-hybridized carbons (Fsp3) is 0.722. The van der Waals surface area contributed by atoms with Crippen molar-refractivity contribution in [3.8, 4) is 0 Å². The first-order valence-electron chi connectivity index (χ1n) is 9.50. The van der Waals surface area contributed by atoms with Gasteiger partial charge in [-0.15, -0.1) is 0 Å². The molecule has 136 valence electrons. The maximum atomic E-state index is 12.4. The number of carbonyl (C=O) groups excluding carboxylic acids is 1. The largest absolute Gasteiger partial charge is 0.353 e. The number of likely N-dealkylation sites (tertiary alicyclic amines) is 1. The Morgan fingerprint density at radius 1 is 1.20 bits per heavy atom. The smallest absolute Gasteiger partial charge is 0.317 e. The Hall–Kier alpha value is -1.89. The second kappa shape index (κ2) is 7.15. The number of anilines is 1. The van der Waals surface area contributed by atoms with Crippen molar-refractivity contribution in [2.45, 2.75) is 32.2 Å². The summed E-state index contributed by atoms with van der Waals surface area (Å²) in [5.74, 6) is 2.36. The maximum absolute atomic E-state index is 12.4. The van der Waals surface area contributed by atoms with Crippen LogP contribution in [0.4, 0.5) is 10.6 Å². The van der Waals surface area contributed by atoms with Crippen molar-refractivity contribution in [2.24, 2.45) is 5.92 Å². The van der Waals surface area contributed by atoms with Crippen LogP contribution in [0.15, 0.2) is 12.3 Å². The van der Waals surface area contributed by atoms with Crippen molar-refractivity contribution >= 4 is 11.8 Å². The van der Waals surface area contributed by atoms with Crippen LogP contribution in [-0.4, -0.2) is 77.7 Å². The van der Waals surface area contributed by atoms with E-state index in [-0.39, 0.29) is 6.03 Å². The Morgan fingerprint density at radius 3 is 2.72 bits per heavy atom. The zero-order valence-electron chi connectivity index (χ0n) is 15.0. The van der Waals surface area contributed by atoms with Gasteiger partial charge in [-0.05, 0) is 44.7 Å². The number of hydrogen-bond donors (Lipinski definition) is 1. The van der Waals surface area contributed by atoms with Crippen LogP contribution in [-0.2, 0) is 0 Å². The first-order valence-corrected chi connectivity index (χ1v) is 9.50. The van der Waals surface area contributed by atoms with Crippen LogP contribution in [0.2, 0.25) is 0 Å². The maximum Gasteiger partial charge on any atom is 0.317 e. The summed E-state index contributed by atoms with van der Waals surface area (Å²) in [6, 6.07) is 2.87. The summed E-state index contributed by atoms with van der Waals surface area (Å²) in [5.41, 5.74) is 0. The summed E-state index contributed by atoms with van der Waals surface area (Å²) >= 11 is 0. The molecule has 25 heavy (non-hydrogen) atoms. The standard InChI is InChI=1S/C18H28N6O/c1-14-19-6-4-17(21-14)22-8-10-23(11-9-22)18(25)20-12-15-5-7-24(13-15)16-2-3-16/h4,6,15-16H,2-3,5,7-13H2,1H3,(H,20,25)/t15-/m1/s1. The summed E-state index contributed by atoms with van der Waals surface area (Å²) < 4.78 is 0. The molecule has 0 bridgehead atoms. The zero-order valence-corrected chi connectivity index (χ0v) is 15.0. The van der Waals surface area contributed by atoms with Gasteiger partial charge in [0.25, 0.3) is 0 Å². The van der Waals surface area contributed by atoms with E-state index < -0.39 is 0 Å². The number of amides is 2. The first-order chi connectivity index (χ1) is 12.2. The molecule has 1 aromatic heterocycles. The van der Waals surface area contributed by atoms with E-state index in [2.05, 4.69) is 25.1 Å². The van der Waals surface area contributed by atoms with Gasteiger partial charge >= 0.3 is 6.03 Å². The van der Waals surface area contributed by atoms with E-state index in [9.17, 15) is 4.79 Å². The number of hydrogen-bond acceptors (Lipinski definition) is 5. The summed E-state index contributed by atoms with van der Waals surface area (Å²) in [5, 5.41) is 3.15. The molecular formula is C18H28N6O. The number of aryl methyl sites for hydroxylation is 1. The SMILES string of the molecule is Cc1nccc(N2CCN(C(=O)NC[C@H]3CCN(C4CC4)C3)CC2)n1. The van der Waals surface area contributed by atoms with Crippen LogP contribution in [0.5, 0.6) is 0 Å². The molecule has 3 heterocycles. The van der Waals surface area contributed by atoms with Crippen LogP contribution >= 0.6 is 0 Å². The number of carbonyl (C=O) groups is 1. The van der Waals surface area contributed by atoms with Crippen molar-refractivity contribution in [3.63, 3.8) is 0 Å². The van der Waals surface area contributed by atoms with E-state index in [1.54, 1.807) is 6.20 Å². The first kappa shape index (κ1) is 16.6. The van der Waals surface area contributed by atoms with E-state index in [0.717, 1.165) is 57.0 Å². The normalized spacial score (nSPS) is 24.6. The van der Waals surface area contributed by atoms with Gasteiger partial charge in [-0.2, -0.15) is 0 Å². The fourth-order valence-electron chi connectivity index (χ4n) is 3.90. The molecule has 1 aliphatic carbocycles. The molecule has 1 aromatic rings. The van der Waals surface area contributed by atoms with E-state index in [4.69, 9.17) is 0 Å². The Bertz CT molecular complexity index is 611. The van der Waals surface area contributed by atoms with Crippen LogP contribution in [0.1, 0.15) is 25.1 Å². The third-order valence-electron chi connectivity index (χ3n) is 5.57. The quantitative estimate of drug-likeness (QED) is 0.886. The predicted molar refractivity (Wildman–Crippen MR) is 96.7 cm³/mol. The third kappa shape index (κ3) is 4.03. The molecule has 2 aliphatic heterocycles.